The van der Waals surface area contributed by atoms with Gasteiger partial charge in [0, 0.05) is 17.5 Å². The highest BCUT2D eigenvalue weighted by atomic mass is 35.5. The summed E-state index contributed by atoms with van der Waals surface area (Å²) in [7, 11) is 3.34. The molecule has 0 amide bonds. The van der Waals surface area contributed by atoms with E-state index in [0.29, 0.717) is 0 Å². The molecule has 0 bridgehead atoms. The third kappa shape index (κ3) is 3.74. The summed E-state index contributed by atoms with van der Waals surface area (Å²) < 4.78 is 4.65. The minimum absolute atomic E-state index is 0.0934. The van der Waals surface area contributed by atoms with E-state index in [9.17, 15) is 4.79 Å². The summed E-state index contributed by atoms with van der Waals surface area (Å²) in [5, 5.41) is 3.46. The van der Waals surface area contributed by atoms with Crippen molar-refractivity contribution in [1.82, 2.24) is 4.98 Å². The first kappa shape index (κ1) is 15.8. The number of aromatic nitrogens is 1. The van der Waals surface area contributed by atoms with E-state index in [-0.39, 0.29) is 18.4 Å². The second kappa shape index (κ2) is 6.91. The Balaban J connectivity index is 2.14. The molecule has 2 aromatic rings. The van der Waals surface area contributed by atoms with Crippen molar-refractivity contribution in [2.24, 2.45) is 0 Å². The van der Waals surface area contributed by atoms with Gasteiger partial charge in [-0.15, -0.1) is 11.3 Å². The predicted molar refractivity (Wildman–Crippen MR) is 86.1 cm³/mol. The van der Waals surface area contributed by atoms with Crippen LogP contribution in [0.2, 0.25) is 5.02 Å². The minimum Gasteiger partial charge on any atom is -0.469 e. The van der Waals surface area contributed by atoms with Gasteiger partial charge in [0.25, 0.3) is 0 Å². The van der Waals surface area contributed by atoms with E-state index in [1.165, 1.54) is 18.4 Å². The smallest absolute Gasteiger partial charge is 0.311 e. The monoisotopic (exact) mass is 324 g/mol. The number of benzene rings is 1. The van der Waals surface area contributed by atoms with Crippen molar-refractivity contribution in [2.75, 3.05) is 19.1 Å². The average molecular weight is 325 g/mol. The molecule has 0 saturated carbocycles. The van der Waals surface area contributed by atoms with E-state index < -0.39 is 0 Å². The van der Waals surface area contributed by atoms with Crippen LogP contribution in [-0.4, -0.2) is 25.1 Å². The fraction of sp³-hybridized carbons (Fsp3) is 0.333. The molecule has 0 N–H and O–H groups in total. The van der Waals surface area contributed by atoms with Gasteiger partial charge in [0.05, 0.1) is 25.3 Å². The lowest BCUT2D eigenvalue weighted by Gasteiger charge is -2.25. The molecule has 1 aromatic heterocycles. The Labute approximate surface area is 133 Å². The van der Waals surface area contributed by atoms with Crippen LogP contribution in [0.4, 0.5) is 5.13 Å². The number of anilines is 1. The summed E-state index contributed by atoms with van der Waals surface area (Å²) in [6, 6.07) is 7.86. The molecule has 4 nitrogen and oxygen atoms in total. The molecule has 0 radical (unpaired) electrons. The molecule has 0 saturated heterocycles. The molecule has 1 atom stereocenters. The Morgan fingerprint density at radius 2 is 2.19 bits per heavy atom. The number of esters is 1. The third-order valence-electron chi connectivity index (χ3n) is 3.33. The fourth-order valence-corrected chi connectivity index (χ4v) is 3.11. The van der Waals surface area contributed by atoms with E-state index in [1.807, 2.05) is 41.6 Å². The molecule has 0 aliphatic carbocycles. The maximum atomic E-state index is 11.3. The Bertz CT molecular complexity index is 630. The van der Waals surface area contributed by atoms with Gasteiger partial charge in [-0.25, -0.2) is 4.98 Å². The Morgan fingerprint density at radius 1 is 1.48 bits per heavy atom. The molecule has 1 heterocycles. The van der Waals surface area contributed by atoms with Crippen molar-refractivity contribution in [2.45, 2.75) is 19.4 Å². The van der Waals surface area contributed by atoms with E-state index in [4.69, 9.17) is 11.6 Å². The Hall–Kier alpha value is -1.59. The van der Waals surface area contributed by atoms with Gasteiger partial charge in [-0.2, -0.15) is 0 Å². The Morgan fingerprint density at radius 3 is 2.86 bits per heavy atom. The van der Waals surface area contributed by atoms with Crippen LogP contribution in [0.1, 0.15) is 24.2 Å². The molecule has 0 spiro atoms. The number of rotatable bonds is 5. The first-order valence-corrected chi connectivity index (χ1v) is 7.77. The summed E-state index contributed by atoms with van der Waals surface area (Å²) in [4.78, 5) is 17.8. The zero-order chi connectivity index (χ0) is 15.4. The summed E-state index contributed by atoms with van der Waals surface area (Å²) in [6.45, 7) is 2.07. The van der Waals surface area contributed by atoms with Crippen LogP contribution in [0.25, 0.3) is 0 Å². The number of hydrogen-bond acceptors (Lipinski definition) is 5. The second-order valence-corrected chi connectivity index (χ2v) is 5.93. The molecule has 6 heteroatoms. The van der Waals surface area contributed by atoms with Crippen molar-refractivity contribution >= 4 is 34.0 Å². The molecule has 0 fully saturated rings. The van der Waals surface area contributed by atoms with Crippen molar-refractivity contribution in [3.63, 3.8) is 0 Å². The van der Waals surface area contributed by atoms with Crippen molar-refractivity contribution < 1.29 is 9.53 Å². The van der Waals surface area contributed by atoms with Crippen molar-refractivity contribution in [3.8, 4) is 0 Å². The van der Waals surface area contributed by atoms with Gasteiger partial charge in [0.15, 0.2) is 5.13 Å². The summed E-state index contributed by atoms with van der Waals surface area (Å²) in [5.41, 5.74) is 1.77. The molecule has 1 aromatic carbocycles. The standard InChI is InChI=1S/C15H17ClN2O2S/c1-10(12-6-4-5-7-13(12)16)18(2)15-17-11(9-21-15)8-14(19)20-3/h4-7,9-10H,8H2,1-3H3. The van der Waals surface area contributed by atoms with Gasteiger partial charge in [0.1, 0.15) is 0 Å². The first-order chi connectivity index (χ1) is 10.0. The quantitative estimate of drug-likeness (QED) is 0.786. The Kier molecular flexibility index (Phi) is 5.20. The lowest BCUT2D eigenvalue weighted by molar-refractivity contribution is -0.139. The maximum Gasteiger partial charge on any atom is 0.311 e. The average Bonchev–Trinajstić information content (AvgIpc) is 2.94. The van der Waals surface area contributed by atoms with Crippen LogP contribution in [0.3, 0.4) is 0 Å². The molecule has 21 heavy (non-hydrogen) atoms. The number of carbonyl (C=O) groups is 1. The number of ether oxygens (including phenoxy) is 1. The van der Waals surface area contributed by atoms with Crippen LogP contribution in [-0.2, 0) is 16.0 Å². The SMILES string of the molecule is COC(=O)Cc1csc(N(C)C(C)c2ccccc2Cl)n1. The number of halogens is 1. The van der Waals surface area contributed by atoms with E-state index in [0.717, 1.165) is 21.4 Å². The largest absolute Gasteiger partial charge is 0.469 e. The van der Waals surface area contributed by atoms with Gasteiger partial charge >= 0.3 is 5.97 Å². The van der Waals surface area contributed by atoms with E-state index >= 15 is 0 Å². The normalized spacial score (nSPS) is 12.0. The highest BCUT2D eigenvalue weighted by Crippen LogP contribution is 2.31. The number of nitrogens with zero attached hydrogens (tertiary/aromatic N) is 2. The molecule has 1 unspecified atom stereocenters. The number of methoxy groups -OCH3 is 1. The highest BCUT2D eigenvalue weighted by Gasteiger charge is 2.18. The molecular formula is C15H17ClN2O2S. The third-order valence-corrected chi connectivity index (χ3v) is 4.65. The van der Waals surface area contributed by atoms with Crippen LogP contribution < -0.4 is 4.90 Å². The van der Waals surface area contributed by atoms with Crippen LogP contribution in [0, 0.1) is 0 Å². The van der Waals surface area contributed by atoms with Gasteiger partial charge in [-0.05, 0) is 18.6 Å². The lowest BCUT2D eigenvalue weighted by atomic mass is 10.1. The van der Waals surface area contributed by atoms with Gasteiger partial charge < -0.3 is 9.64 Å². The molecular weight excluding hydrogens is 308 g/mol. The summed E-state index contributed by atoms with van der Waals surface area (Å²) in [6.07, 6.45) is 0.196. The minimum atomic E-state index is -0.284. The van der Waals surface area contributed by atoms with E-state index in [1.54, 1.807) is 0 Å². The fourth-order valence-electron chi connectivity index (χ4n) is 1.95. The lowest BCUT2D eigenvalue weighted by Crippen LogP contribution is -2.21. The zero-order valence-electron chi connectivity index (χ0n) is 12.2. The topological polar surface area (TPSA) is 42.4 Å². The van der Waals surface area contributed by atoms with Gasteiger partial charge in [-0.1, -0.05) is 29.8 Å². The van der Waals surface area contributed by atoms with Crippen molar-refractivity contribution in [3.05, 3.63) is 45.9 Å². The number of carbonyl (C=O) groups excluding carboxylic acids is 1. The summed E-state index contributed by atoms with van der Waals surface area (Å²) >= 11 is 7.74. The molecule has 0 aliphatic heterocycles. The van der Waals surface area contributed by atoms with Gasteiger partial charge in [0.2, 0.25) is 0 Å². The van der Waals surface area contributed by atoms with Crippen LogP contribution in [0.15, 0.2) is 29.6 Å². The second-order valence-electron chi connectivity index (χ2n) is 4.68. The van der Waals surface area contributed by atoms with Crippen molar-refractivity contribution in [1.29, 1.82) is 0 Å². The zero-order valence-corrected chi connectivity index (χ0v) is 13.7. The maximum absolute atomic E-state index is 11.3. The predicted octanol–water partition coefficient (Wildman–Crippen LogP) is 3.71. The highest BCUT2D eigenvalue weighted by molar-refractivity contribution is 7.13. The van der Waals surface area contributed by atoms with E-state index in [2.05, 4.69) is 16.6 Å². The van der Waals surface area contributed by atoms with Crippen LogP contribution in [0.5, 0.6) is 0 Å². The van der Waals surface area contributed by atoms with Gasteiger partial charge in [-0.3, -0.25) is 4.79 Å². The summed E-state index contributed by atoms with van der Waals surface area (Å²) in [5.74, 6) is -0.284. The number of thiazole rings is 1. The number of hydrogen-bond donors (Lipinski definition) is 0. The first-order valence-electron chi connectivity index (χ1n) is 6.51. The molecule has 112 valence electrons. The molecule has 0 aliphatic rings. The van der Waals surface area contributed by atoms with Crippen LogP contribution >= 0.6 is 22.9 Å². The molecule has 2 rings (SSSR count).